The lowest BCUT2D eigenvalue weighted by Gasteiger charge is -2.39. The standard InChI is InChI=1S/C44H59N7O9.C40H50N6O9/c1-29-24-37-44(58)60-28-34(47-39(53)33(25-31-12-6-4-7-13-31)46-38(52)26-32-14-8-5-9-15-32)42(56)50-19-11-17-36(50)43(57)48(3)35(16-10-18-49-20-22-59-23-21-49)40(54)45-30(2)41(55)51(37)27-29;1-24-17-33-40(54)55-23-30(43-35(49)29(18-26-11-5-3-6-12-26)42-34(48)19-27-13-7-4-8-14-27)38(52)46-22-28(47)20-32(46)39(53)44-16-10-9-15-31(44)36(50)41-25(2)37(51)45(33)21-24/h4-9,12-15,29-30,33-37H,10-11,16-28H2,1-3H3,(H,45,54)(H,46,52)(H,47,53);3-8,11-14,24-25,28-33,47H,9-10,15-23H2,1-2H3,(H,41,50)(H,42,48)(H,43,49)/t29-,30+,33+,34+,35+,36+,37+;24-,25+,28?,29+,30+,31+,32+,33+/m11/s1. The molecule has 0 radical (unpaired) electrons. The zero-order chi connectivity index (χ0) is 82.0. The Morgan fingerprint density at radius 1 is 0.470 bits per heavy atom. The molecule has 31 heteroatoms. The van der Waals surface area contributed by atoms with Crippen LogP contribution in [0.3, 0.4) is 0 Å². The van der Waals surface area contributed by atoms with Crippen LogP contribution in [0.2, 0.25) is 0 Å². The van der Waals surface area contributed by atoms with Gasteiger partial charge in [0.25, 0.3) is 0 Å². The predicted molar refractivity (Wildman–Crippen MR) is 417 cm³/mol. The van der Waals surface area contributed by atoms with Gasteiger partial charge in [0, 0.05) is 72.1 Å². The molecule has 8 aliphatic rings. The predicted octanol–water partition coefficient (Wildman–Crippen LogP) is 0.753. The fourth-order valence-corrected chi connectivity index (χ4v) is 16.7. The normalized spacial score (nSPS) is 27.4. The second kappa shape index (κ2) is 40.1. The van der Waals surface area contributed by atoms with Crippen LogP contribution in [0, 0.1) is 11.8 Å². The first-order valence-corrected chi connectivity index (χ1v) is 40.3. The number of nitrogens with zero attached hydrogens (tertiary/aromatic N) is 7. The molecule has 31 nitrogen and oxygen atoms in total. The number of morpholine rings is 1. The van der Waals surface area contributed by atoms with E-state index in [9.17, 15) is 72.2 Å². The molecule has 8 saturated heterocycles. The van der Waals surface area contributed by atoms with Crippen molar-refractivity contribution in [1.82, 2.24) is 66.2 Å². The highest BCUT2D eigenvalue weighted by Gasteiger charge is 2.50. The average Bonchev–Trinajstić information content (AvgIpc) is 1.74. The third-order valence-electron chi connectivity index (χ3n) is 22.8. The topological polar surface area (TPSA) is 382 Å². The van der Waals surface area contributed by atoms with E-state index >= 15 is 0 Å². The fraction of sp³-hybridized carbons (Fsp3) is 0.548. The molecule has 15 atom stereocenters. The van der Waals surface area contributed by atoms with Gasteiger partial charge in [-0.2, -0.15) is 0 Å². The van der Waals surface area contributed by atoms with E-state index in [0.29, 0.717) is 71.1 Å². The molecule has 4 aromatic rings. The number of nitrogens with one attached hydrogen (secondary N) is 6. The van der Waals surface area contributed by atoms with Gasteiger partial charge in [0.2, 0.25) is 70.9 Å². The number of carbonyl (C=O) groups excluding carboxylic acids is 14. The summed E-state index contributed by atoms with van der Waals surface area (Å²) >= 11 is 0. The van der Waals surface area contributed by atoms with E-state index in [-0.39, 0.29) is 83.1 Å². The summed E-state index contributed by atoms with van der Waals surface area (Å²) in [5.41, 5.74) is 2.99. The Labute approximate surface area is 669 Å². The lowest BCUT2D eigenvalue weighted by atomic mass is 9.99. The summed E-state index contributed by atoms with van der Waals surface area (Å²) in [4.78, 5) is 206. The number of esters is 2. The van der Waals surface area contributed by atoms with E-state index in [4.69, 9.17) is 14.2 Å². The molecular weight excluding hydrogens is 1480 g/mol. The van der Waals surface area contributed by atoms with Crippen molar-refractivity contribution in [2.75, 3.05) is 85.8 Å². The molecule has 4 aromatic carbocycles. The lowest BCUT2D eigenvalue weighted by molar-refractivity contribution is -0.158. The molecule has 115 heavy (non-hydrogen) atoms. The second-order valence-electron chi connectivity index (χ2n) is 31.7. The van der Waals surface area contributed by atoms with Crippen LogP contribution in [0.1, 0.15) is 114 Å². The fourth-order valence-electron chi connectivity index (χ4n) is 16.7. The van der Waals surface area contributed by atoms with Crippen LogP contribution in [-0.2, 0) is 107 Å². The van der Waals surface area contributed by atoms with Crippen LogP contribution in [0.25, 0.3) is 0 Å². The van der Waals surface area contributed by atoms with Crippen LogP contribution < -0.4 is 31.9 Å². The van der Waals surface area contributed by atoms with E-state index in [0.717, 1.165) is 35.3 Å². The molecule has 1 unspecified atom stereocenters. The number of likely N-dealkylation sites (N-methyl/N-ethyl adjacent to an activating group) is 1. The van der Waals surface area contributed by atoms with E-state index in [1.165, 1.54) is 36.3 Å². The van der Waals surface area contributed by atoms with Crippen LogP contribution in [0.15, 0.2) is 121 Å². The van der Waals surface area contributed by atoms with Crippen molar-refractivity contribution in [3.63, 3.8) is 0 Å². The monoisotopic (exact) mass is 1590 g/mol. The quantitative estimate of drug-likeness (QED) is 0.0676. The molecule has 0 spiro atoms. The van der Waals surface area contributed by atoms with Gasteiger partial charge in [-0.25, -0.2) is 9.59 Å². The summed E-state index contributed by atoms with van der Waals surface area (Å²) in [5.74, 6) is -8.32. The van der Waals surface area contributed by atoms with Crippen molar-refractivity contribution in [2.45, 2.75) is 196 Å². The zero-order valence-corrected chi connectivity index (χ0v) is 66.1. The Bertz CT molecular complexity index is 4120. The van der Waals surface area contributed by atoms with E-state index in [1.54, 1.807) is 62.5 Å². The minimum Gasteiger partial charge on any atom is -0.461 e. The molecule has 618 valence electrons. The molecular formula is C84H109N13O18. The summed E-state index contributed by atoms with van der Waals surface area (Å²) in [5, 5.41) is 27.5. The Morgan fingerprint density at radius 2 is 0.904 bits per heavy atom. The Morgan fingerprint density at radius 3 is 1.40 bits per heavy atom. The largest absolute Gasteiger partial charge is 0.461 e. The van der Waals surface area contributed by atoms with E-state index < -0.39 is 175 Å². The van der Waals surface area contributed by atoms with Gasteiger partial charge in [-0.3, -0.25) is 62.4 Å². The van der Waals surface area contributed by atoms with Crippen LogP contribution in [0.4, 0.5) is 0 Å². The third-order valence-corrected chi connectivity index (χ3v) is 22.8. The minimum atomic E-state index is -1.53. The van der Waals surface area contributed by atoms with Crippen LogP contribution >= 0.6 is 0 Å². The Kier molecular flexibility index (Phi) is 29.7. The number of cyclic esters (lactones) is 2. The van der Waals surface area contributed by atoms with Gasteiger partial charge in [0.1, 0.15) is 85.7 Å². The van der Waals surface area contributed by atoms with Gasteiger partial charge >= 0.3 is 11.9 Å². The maximum absolute atomic E-state index is 14.6. The molecule has 12 rings (SSSR count). The summed E-state index contributed by atoms with van der Waals surface area (Å²) in [6, 6.07) is 23.0. The Balaban J connectivity index is 0.000000227. The molecule has 0 aromatic heterocycles. The number of benzene rings is 4. The number of hydrogen-bond acceptors (Lipinski definition) is 19. The lowest BCUT2D eigenvalue weighted by Crippen LogP contribution is -2.62. The van der Waals surface area contributed by atoms with Gasteiger partial charge in [0.05, 0.1) is 32.2 Å². The van der Waals surface area contributed by atoms with Crippen molar-refractivity contribution in [3.8, 4) is 0 Å². The van der Waals surface area contributed by atoms with Gasteiger partial charge in [0.15, 0.2) is 0 Å². The molecule has 8 aliphatic heterocycles. The molecule has 8 fully saturated rings. The number of carbonyl (C=O) groups is 14. The number of rotatable bonds is 18. The van der Waals surface area contributed by atoms with Gasteiger partial charge in [-0.15, -0.1) is 0 Å². The van der Waals surface area contributed by atoms with Gasteiger partial charge in [-0.05, 0) is 112 Å². The summed E-state index contributed by atoms with van der Waals surface area (Å²) < 4.78 is 17.0. The summed E-state index contributed by atoms with van der Waals surface area (Å²) in [6.45, 7) is 9.81. The second-order valence-corrected chi connectivity index (χ2v) is 31.7. The highest BCUT2D eigenvalue weighted by atomic mass is 16.5. The number of piperidine rings is 1. The maximum atomic E-state index is 14.6. The van der Waals surface area contributed by atoms with Crippen molar-refractivity contribution in [2.24, 2.45) is 11.8 Å². The van der Waals surface area contributed by atoms with Crippen LogP contribution in [0.5, 0.6) is 0 Å². The number of amides is 12. The summed E-state index contributed by atoms with van der Waals surface area (Å²) in [6.07, 6.45) is 2.92. The SMILES string of the molecule is C[C@@H]1C[C@H]2C(=O)OC[C@H](NC(=O)[C@H](Cc3ccccc3)NC(=O)Cc3ccccc3)C(=O)N3CC(O)C[C@H]3C(=O)N3CCCC[C@H]3C(=O)N[C@@H](C)C(=O)N2C1.C[C@@H]1C[C@H]2C(=O)OC[C@H](NC(=O)[C@H](Cc3ccccc3)NC(=O)Cc3ccccc3)C(=O)N3CCC[C@H]3C(=O)N(C)[C@@H](CCCN3CCOCC3)C(=O)N[C@@H](C)C(=O)N2C1. The molecule has 12 amide bonds. The third kappa shape index (κ3) is 22.3. The molecule has 0 bridgehead atoms. The van der Waals surface area contributed by atoms with Crippen molar-refractivity contribution >= 4 is 82.8 Å². The first-order valence-electron chi connectivity index (χ1n) is 40.3. The minimum absolute atomic E-state index is 0.00198. The summed E-state index contributed by atoms with van der Waals surface area (Å²) in [7, 11) is 1.55. The smallest absolute Gasteiger partial charge is 0.328 e. The van der Waals surface area contributed by atoms with E-state index in [1.807, 2.05) is 86.6 Å². The first-order chi connectivity index (χ1) is 55.3. The highest BCUT2D eigenvalue weighted by molar-refractivity contribution is 6.00. The van der Waals surface area contributed by atoms with Gasteiger partial charge in [-0.1, -0.05) is 135 Å². The number of fused-ring (bicyclic) bond motifs is 5. The maximum Gasteiger partial charge on any atom is 0.328 e. The molecule has 0 aliphatic carbocycles. The van der Waals surface area contributed by atoms with Crippen molar-refractivity contribution in [1.29, 1.82) is 0 Å². The zero-order valence-electron chi connectivity index (χ0n) is 66.1. The number of aliphatic hydroxyl groups is 1. The first kappa shape index (κ1) is 85.2. The highest BCUT2D eigenvalue weighted by Crippen LogP contribution is 2.31. The van der Waals surface area contributed by atoms with Gasteiger partial charge < -0.3 is 80.6 Å². The number of ether oxygens (including phenoxy) is 3. The molecule has 8 heterocycles. The Hall–Kier alpha value is -10.7. The number of hydrogen-bond donors (Lipinski definition) is 7. The van der Waals surface area contributed by atoms with Crippen molar-refractivity contribution < 1.29 is 86.4 Å². The average molecular weight is 1590 g/mol. The van der Waals surface area contributed by atoms with Crippen LogP contribution in [-0.4, -0.2) is 287 Å². The van der Waals surface area contributed by atoms with Crippen molar-refractivity contribution in [3.05, 3.63) is 144 Å². The molecule has 7 N–H and O–H groups in total. The van der Waals surface area contributed by atoms with E-state index in [2.05, 4.69) is 36.8 Å². The number of aliphatic hydroxyl groups excluding tert-OH is 1. The molecule has 0 saturated carbocycles.